The number of nitrogens with zero attached hydrogens (tertiary/aromatic N) is 2. The summed E-state index contributed by atoms with van der Waals surface area (Å²) in [4.78, 5) is 41.0. The van der Waals surface area contributed by atoms with Crippen molar-refractivity contribution >= 4 is 28.8 Å². The summed E-state index contributed by atoms with van der Waals surface area (Å²) in [6.07, 6.45) is 1.73. The molecule has 2 unspecified atom stereocenters. The van der Waals surface area contributed by atoms with Crippen molar-refractivity contribution in [3.05, 3.63) is 59.9 Å². The van der Waals surface area contributed by atoms with E-state index in [4.69, 9.17) is 4.74 Å². The molecule has 2 amide bonds. The van der Waals surface area contributed by atoms with Gasteiger partial charge >= 0.3 is 5.97 Å². The topological polar surface area (TPSA) is 123 Å². The fraction of sp³-hybridized carbons (Fsp3) is 0.273. The van der Waals surface area contributed by atoms with E-state index in [0.29, 0.717) is 17.0 Å². The summed E-state index contributed by atoms with van der Waals surface area (Å²) in [7, 11) is 3.28. The van der Waals surface area contributed by atoms with Crippen LogP contribution in [0.25, 0.3) is 11.0 Å². The molecule has 2 atom stereocenters. The Balaban J connectivity index is 1.65. The van der Waals surface area contributed by atoms with Crippen LogP contribution < -0.4 is 15.4 Å². The van der Waals surface area contributed by atoms with Crippen molar-refractivity contribution in [2.75, 3.05) is 7.11 Å². The highest BCUT2D eigenvalue weighted by molar-refractivity contribution is 6.00. The minimum atomic E-state index is -1.16. The molecular weight excluding hydrogens is 400 g/mol. The van der Waals surface area contributed by atoms with E-state index in [0.717, 1.165) is 11.1 Å². The zero-order valence-corrected chi connectivity index (χ0v) is 17.5. The van der Waals surface area contributed by atoms with Crippen LogP contribution in [-0.4, -0.2) is 51.6 Å². The summed E-state index contributed by atoms with van der Waals surface area (Å²) < 4.78 is 6.77. The molecule has 0 bridgehead atoms. The Bertz CT molecular complexity index is 1110. The lowest BCUT2D eigenvalue weighted by Crippen LogP contribution is -2.51. The molecule has 9 heteroatoms. The number of hydrogen-bond acceptors (Lipinski definition) is 5. The number of aliphatic carboxylic acids is 1. The van der Waals surface area contributed by atoms with Gasteiger partial charge in [-0.3, -0.25) is 14.6 Å². The van der Waals surface area contributed by atoms with Crippen molar-refractivity contribution in [1.82, 2.24) is 20.2 Å². The van der Waals surface area contributed by atoms with Crippen molar-refractivity contribution in [3.8, 4) is 5.75 Å². The summed E-state index contributed by atoms with van der Waals surface area (Å²) in [5, 5.41) is 14.6. The molecule has 3 N–H and O–H groups in total. The Labute approximate surface area is 179 Å². The van der Waals surface area contributed by atoms with Gasteiger partial charge in [0.1, 0.15) is 23.5 Å². The number of nitrogens with one attached hydrogen (secondary N) is 2. The van der Waals surface area contributed by atoms with Gasteiger partial charge in [-0.2, -0.15) is 0 Å². The number of methoxy groups -OCH3 is 1. The maximum absolute atomic E-state index is 12.7. The van der Waals surface area contributed by atoms with Crippen LogP contribution in [0.1, 0.15) is 23.0 Å². The van der Waals surface area contributed by atoms with Gasteiger partial charge in [0.2, 0.25) is 5.91 Å². The van der Waals surface area contributed by atoms with Gasteiger partial charge in [-0.1, -0.05) is 12.1 Å². The number of carbonyl (C=O) groups is 3. The number of ether oxygens (including phenoxy) is 1. The quantitative estimate of drug-likeness (QED) is 0.504. The molecule has 0 aliphatic rings. The predicted octanol–water partition coefficient (Wildman–Crippen LogP) is 1.51. The third-order valence-corrected chi connectivity index (χ3v) is 5.00. The third kappa shape index (κ3) is 5.00. The van der Waals surface area contributed by atoms with Crippen molar-refractivity contribution < 1.29 is 24.2 Å². The first-order valence-electron chi connectivity index (χ1n) is 9.67. The fourth-order valence-corrected chi connectivity index (χ4v) is 3.21. The lowest BCUT2D eigenvalue weighted by molar-refractivity contribution is -0.142. The highest BCUT2D eigenvalue weighted by Gasteiger charge is 2.25. The molecule has 0 radical (unpaired) electrons. The van der Waals surface area contributed by atoms with Crippen LogP contribution in [0.15, 0.2) is 48.7 Å². The van der Waals surface area contributed by atoms with E-state index in [9.17, 15) is 19.5 Å². The SMILES string of the molecule is COc1ccc(CC(NC(=O)C(C)NC(=O)c2cc3ncccc3n2C)C(=O)O)cc1. The van der Waals surface area contributed by atoms with Crippen LogP contribution in [-0.2, 0) is 23.1 Å². The van der Waals surface area contributed by atoms with Crippen LogP contribution >= 0.6 is 0 Å². The maximum atomic E-state index is 12.7. The number of amides is 2. The number of aryl methyl sites for hydroxylation is 1. The number of benzene rings is 1. The van der Waals surface area contributed by atoms with Gasteiger partial charge in [0.15, 0.2) is 0 Å². The second-order valence-corrected chi connectivity index (χ2v) is 7.14. The van der Waals surface area contributed by atoms with Crippen molar-refractivity contribution in [1.29, 1.82) is 0 Å². The Morgan fingerprint density at radius 1 is 1.16 bits per heavy atom. The number of carboxylic acid groups (broad SMARTS) is 1. The minimum Gasteiger partial charge on any atom is -0.497 e. The van der Waals surface area contributed by atoms with Crippen LogP contribution in [0.4, 0.5) is 0 Å². The molecular formula is C22H24N4O5. The summed E-state index contributed by atoms with van der Waals surface area (Å²) in [6.45, 7) is 1.50. The molecule has 162 valence electrons. The first-order chi connectivity index (χ1) is 14.8. The van der Waals surface area contributed by atoms with Crippen molar-refractivity contribution in [2.45, 2.75) is 25.4 Å². The molecule has 1 aromatic carbocycles. The molecule has 3 rings (SSSR count). The number of hydrogen-bond donors (Lipinski definition) is 3. The van der Waals surface area contributed by atoms with Crippen LogP contribution in [0.5, 0.6) is 5.75 Å². The van der Waals surface area contributed by atoms with Gasteiger partial charge in [0.05, 0.1) is 18.1 Å². The van der Waals surface area contributed by atoms with Gasteiger partial charge in [0, 0.05) is 19.7 Å². The fourth-order valence-electron chi connectivity index (χ4n) is 3.21. The first-order valence-corrected chi connectivity index (χ1v) is 9.67. The molecule has 9 nitrogen and oxygen atoms in total. The first kappa shape index (κ1) is 21.8. The zero-order valence-electron chi connectivity index (χ0n) is 17.5. The standard InChI is InChI=1S/C22H24N4O5/c1-13(24-21(28)19-12-16-18(26(19)2)5-4-10-23-16)20(27)25-17(22(29)30)11-14-6-8-15(31-3)9-7-14/h4-10,12-13,17H,11H2,1-3H3,(H,24,28)(H,25,27)(H,29,30). The largest absolute Gasteiger partial charge is 0.497 e. The Morgan fingerprint density at radius 2 is 1.87 bits per heavy atom. The van der Waals surface area contributed by atoms with Gasteiger partial charge < -0.3 is 25.0 Å². The Hall–Kier alpha value is -3.88. The van der Waals surface area contributed by atoms with Crippen molar-refractivity contribution in [3.63, 3.8) is 0 Å². The second kappa shape index (κ2) is 9.29. The maximum Gasteiger partial charge on any atom is 0.326 e. The minimum absolute atomic E-state index is 0.0978. The molecule has 2 aromatic heterocycles. The monoisotopic (exact) mass is 424 g/mol. The van der Waals surface area contributed by atoms with E-state index < -0.39 is 29.9 Å². The lowest BCUT2D eigenvalue weighted by atomic mass is 10.1. The summed E-state index contributed by atoms with van der Waals surface area (Å²) in [5.74, 6) is -1.56. The lowest BCUT2D eigenvalue weighted by Gasteiger charge is -2.19. The van der Waals surface area contributed by atoms with Crippen LogP contribution in [0.2, 0.25) is 0 Å². The summed E-state index contributed by atoms with van der Waals surface area (Å²) in [6, 6.07) is 10.1. The molecule has 31 heavy (non-hydrogen) atoms. The highest BCUT2D eigenvalue weighted by Crippen LogP contribution is 2.16. The molecule has 0 saturated carbocycles. The normalized spacial score (nSPS) is 12.7. The molecule has 0 fully saturated rings. The number of carbonyl (C=O) groups excluding carboxylic acids is 2. The summed E-state index contributed by atoms with van der Waals surface area (Å²) in [5.41, 5.74) is 2.53. The molecule has 0 aliphatic carbocycles. The van der Waals surface area contributed by atoms with Crippen LogP contribution in [0, 0.1) is 0 Å². The van der Waals surface area contributed by atoms with E-state index in [-0.39, 0.29) is 6.42 Å². The number of fused-ring (bicyclic) bond motifs is 1. The number of pyridine rings is 1. The molecule has 3 aromatic rings. The molecule has 0 aliphatic heterocycles. The Kier molecular flexibility index (Phi) is 6.54. The van der Waals surface area contributed by atoms with Crippen molar-refractivity contribution in [2.24, 2.45) is 7.05 Å². The average molecular weight is 424 g/mol. The van der Waals surface area contributed by atoms with Crippen LogP contribution in [0.3, 0.4) is 0 Å². The molecule has 2 heterocycles. The molecule has 0 saturated heterocycles. The Morgan fingerprint density at radius 3 is 2.48 bits per heavy atom. The average Bonchev–Trinajstić information content (AvgIpc) is 3.10. The van der Waals surface area contributed by atoms with E-state index in [2.05, 4.69) is 15.6 Å². The number of rotatable bonds is 8. The highest BCUT2D eigenvalue weighted by atomic mass is 16.5. The van der Waals surface area contributed by atoms with E-state index in [1.165, 1.54) is 6.92 Å². The zero-order chi connectivity index (χ0) is 22.5. The predicted molar refractivity (Wildman–Crippen MR) is 114 cm³/mol. The summed E-state index contributed by atoms with van der Waals surface area (Å²) >= 11 is 0. The second-order valence-electron chi connectivity index (χ2n) is 7.14. The smallest absolute Gasteiger partial charge is 0.326 e. The third-order valence-electron chi connectivity index (χ3n) is 5.00. The van der Waals surface area contributed by atoms with E-state index in [1.54, 1.807) is 61.3 Å². The van der Waals surface area contributed by atoms with E-state index in [1.807, 2.05) is 6.07 Å². The van der Waals surface area contributed by atoms with Gasteiger partial charge in [0.25, 0.3) is 5.91 Å². The molecule has 0 spiro atoms. The van der Waals surface area contributed by atoms with Gasteiger partial charge in [-0.15, -0.1) is 0 Å². The van der Waals surface area contributed by atoms with Gasteiger partial charge in [-0.05, 0) is 42.8 Å². The number of carboxylic acids is 1. The van der Waals surface area contributed by atoms with E-state index >= 15 is 0 Å². The number of aromatic nitrogens is 2. The van der Waals surface area contributed by atoms with Gasteiger partial charge in [-0.25, -0.2) is 4.79 Å².